The van der Waals surface area contributed by atoms with Gasteiger partial charge < -0.3 is 19.9 Å². The van der Waals surface area contributed by atoms with Gasteiger partial charge in [0.15, 0.2) is 0 Å². The second-order valence-corrected chi connectivity index (χ2v) is 14.3. The van der Waals surface area contributed by atoms with Crippen LogP contribution in [0, 0.1) is 0 Å². The maximum atomic E-state index is 12.8. The van der Waals surface area contributed by atoms with Crippen LogP contribution in [0.2, 0.25) is 24.7 Å². The first-order valence-electron chi connectivity index (χ1n) is 10.3. The number of anilines is 2. The van der Waals surface area contributed by atoms with E-state index in [1.54, 1.807) is 13.3 Å². The molecular formula is C22H31ClN4O2Si. The van der Waals surface area contributed by atoms with Gasteiger partial charge in [-0.1, -0.05) is 48.6 Å². The Balaban J connectivity index is 1.62. The van der Waals surface area contributed by atoms with Crippen molar-refractivity contribution in [2.45, 2.75) is 39.2 Å². The summed E-state index contributed by atoms with van der Waals surface area (Å²) in [5.41, 5.74) is 1.77. The molecular weight excluding hydrogens is 416 g/mol. The standard InChI is InChI=1S/C22H31ClN4O2Si/c1-16-14-26(21-20(23)12-17(13-24-21)15-29-2)10-11-27(16)22(28)25-18-6-8-19(9-7-18)30(3,4)5/h6-9,12-13,16H,10-11,14-15H2,1-5H3,(H,25,28)/t16-/m1/s1. The number of nitrogens with zero attached hydrogens (tertiary/aromatic N) is 3. The van der Waals surface area contributed by atoms with E-state index in [4.69, 9.17) is 16.3 Å². The van der Waals surface area contributed by atoms with Crippen LogP contribution in [0.15, 0.2) is 36.5 Å². The van der Waals surface area contributed by atoms with Crippen LogP contribution in [0.5, 0.6) is 0 Å². The molecule has 1 saturated heterocycles. The summed E-state index contributed by atoms with van der Waals surface area (Å²) in [6, 6.07) is 10.1. The first-order valence-corrected chi connectivity index (χ1v) is 14.1. The van der Waals surface area contributed by atoms with Crippen LogP contribution < -0.4 is 15.4 Å². The monoisotopic (exact) mass is 446 g/mol. The summed E-state index contributed by atoms with van der Waals surface area (Å²) < 4.78 is 5.14. The summed E-state index contributed by atoms with van der Waals surface area (Å²) in [5, 5.41) is 5.02. The number of hydrogen-bond donors (Lipinski definition) is 1. The molecule has 2 heterocycles. The zero-order valence-electron chi connectivity index (χ0n) is 18.4. The summed E-state index contributed by atoms with van der Waals surface area (Å²) in [5.74, 6) is 0.755. The number of urea groups is 1. The highest BCUT2D eigenvalue weighted by Gasteiger charge is 2.29. The van der Waals surface area contributed by atoms with E-state index in [1.165, 1.54) is 5.19 Å². The van der Waals surface area contributed by atoms with E-state index in [0.717, 1.165) is 17.1 Å². The summed E-state index contributed by atoms with van der Waals surface area (Å²) in [4.78, 5) is 21.4. The number of benzene rings is 1. The number of hydrogen-bond acceptors (Lipinski definition) is 4. The topological polar surface area (TPSA) is 57.7 Å². The van der Waals surface area contributed by atoms with Gasteiger partial charge in [0.25, 0.3) is 0 Å². The second kappa shape index (κ2) is 9.37. The molecule has 6 nitrogen and oxygen atoms in total. The first kappa shape index (κ1) is 22.6. The summed E-state index contributed by atoms with van der Waals surface area (Å²) in [7, 11) is 0.302. The zero-order chi connectivity index (χ0) is 21.9. The molecule has 1 aliphatic heterocycles. The summed E-state index contributed by atoms with van der Waals surface area (Å²) in [6.07, 6.45) is 1.79. The molecule has 2 amide bonds. The molecule has 0 bridgehead atoms. The number of ether oxygens (including phenoxy) is 1. The third-order valence-corrected chi connectivity index (χ3v) is 7.72. The van der Waals surface area contributed by atoms with Crippen molar-refractivity contribution in [3.8, 4) is 0 Å². The third kappa shape index (κ3) is 5.33. The van der Waals surface area contributed by atoms with Crippen LogP contribution in [0.25, 0.3) is 0 Å². The molecule has 0 aliphatic carbocycles. The number of nitrogens with one attached hydrogen (secondary N) is 1. The van der Waals surface area contributed by atoms with Crippen LogP contribution in [0.4, 0.5) is 16.3 Å². The van der Waals surface area contributed by atoms with Crippen LogP contribution in [-0.4, -0.2) is 56.8 Å². The number of amides is 2. The van der Waals surface area contributed by atoms with Gasteiger partial charge in [0.1, 0.15) is 5.82 Å². The van der Waals surface area contributed by atoms with E-state index in [1.807, 2.05) is 30.0 Å². The Morgan fingerprint density at radius 2 is 1.97 bits per heavy atom. The molecule has 3 rings (SSSR count). The molecule has 0 unspecified atom stereocenters. The fourth-order valence-corrected chi connectivity index (χ4v) is 5.12. The number of carbonyl (C=O) groups excluding carboxylic acids is 1. The number of methoxy groups -OCH3 is 1. The Bertz CT molecular complexity index is 886. The van der Waals surface area contributed by atoms with Crippen molar-refractivity contribution in [1.82, 2.24) is 9.88 Å². The zero-order valence-corrected chi connectivity index (χ0v) is 20.2. The molecule has 0 saturated carbocycles. The van der Waals surface area contributed by atoms with Crippen molar-refractivity contribution in [3.63, 3.8) is 0 Å². The number of rotatable bonds is 5. The Morgan fingerprint density at radius 1 is 1.27 bits per heavy atom. The van der Waals surface area contributed by atoms with Crippen molar-refractivity contribution < 1.29 is 9.53 Å². The van der Waals surface area contributed by atoms with Gasteiger partial charge in [-0.3, -0.25) is 0 Å². The second-order valence-electron chi connectivity index (χ2n) is 8.83. The predicted octanol–water partition coefficient (Wildman–Crippen LogP) is 4.17. The van der Waals surface area contributed by atoms with Gasteiger partial charge in [0, 0.05) is 44.7 Å². The Labute approximate surface area is 185 Å². The van der Waals surface area contributed by atoms with Crippen LogP contribution in [0.1, 0.15) is 12.5 Å². The Hall–Kier alpha value is -2.09. The first-order chi connectivity index (χ1) is 14.2. The molecule has 1 aliphatic rings. The van der Waals surface area contributed by atoms with E-state index >= 15 is 0 Å². The Morgan fingerprint density at radius 3 is 2.53 bits per heavy atom. The summed E-state index contributed by atoms with van der Waals surface area (Å²) >= 11 is 6.45. The fraction of sp³-hybridized carbons (Fsp3) is 0.455. The normalized spacial score (nSPS) is 17.2. The molecule has 1 atom stereocenters. The molecule has 1 fully saturated rings. The SMILES string of the molecule is COCc1cnc(N2CCN(C(=O)Nc3ccc([Si](C)(C)C)cc3)[C@H](C)C2)c(Cl)c1. The largest absolute Gasteiger partial charge is 0.380 e. The van der Waals surface area contributed by atoms with E-state index in [-0.39, 0.29) is 12.1 Å². The highest BCUT2D eigenvalue weighted by molar-refractivity contribution is 6.88. The van der Waals surface area contributed by atoms with Crippen molar-refractivity contribution in [3.05, 3.63) is 47.1 Å². The average Bonchev–Trinajstić information content (AvgIpc) is 2.68. The highest BCUT2D eigenvalue weighted by atomic mass is 35.5. The number of halogens is 1. The molecule has 1 aromatic carbocycles. The van der Waals surface area contributed by atoms with Crippen LogP contribution >= 0.6 is 11.6 Å². The van der Waals surface area contributed by atoms with Gasteiger partial charge >= 0.3 is 6.03 Å². The lowest BCUT2D eigenvalue weighted by Gasteiger charge is -2.40. The van der Waals surface area contributed by atoms with Gasteiger partial charge in [-0.2, -0.15) is 0 Å². The van der Waals surface area contributed by atoms with E-state index < -0.39 is 8.07 Å². The number of aromatic nitrogens is 1. The molecule has 0 spiro atoms. The smallest absolute Gasteiger partial charge is 0.322 e. The van der Waals surface area contributed by atoms with Crippen molar-refractivity contribution in [2.24, 2.45) is 0 Å². The van der Waals surface area contributed by atoms with Gasteiger partial charge in [-0.05, 0) is 30.7 Å². The molecule has 2 aromatic rings. The third-order valence-electron chi connectivity index (χ3n) is 5.38. The average molecular weight is 447 g/mol. The van der Waals surface area contributed by atoms with Gasteiger partial charge in [0.2, 0.25) is 0 Å². The number of carbonyl (C=O) groups is 1. The number of piperazine rings is 1. The molecule has 30 heavy (non-hydrogen) atoms. The molecule has 8 heteroatoms. The van der Waals surface area contributed by atoms with E-state index in [2.05, 4.69) is 47.0 Å². The molecule has 162 valence electrons. The quantitative estimate of drug-likeness (QED) is 0.700. The minimum absolute atomic E-state index is 0.0384. The fourth-order valence-electron chi connectivity index (χ4n) is 3.65. The Kier molecular flexibility index (Phi) is 7.05. The maximum absolute atomic E-state index is 12.8. The summed E-state index contributed by atoms with van der Waals surface area (Å²) in [6.45, 7) is 11.4. The minimum atomic E-state index is -1.34. The lowest BCUT2D eigenvalue weighted by molar-refractivity contribution is 0.183. The van der Waals surface area contributed by atoms with E-state index in [9.17, 15) is 4.79 Å². The van der Waals surface area contributed by atoms with Crippen molar-refractivity contribution in [2.75, 3.05) is 37.0 Å². The predicted molar refractivity (Wildman–Crippen MR) is 127 cm³/mol. The van der Waals surface area contributed by atoms with Crippen LogP contribution in [0.3, 0.4) is 0 Å². The molecule has 0 radical (unpaired) electrons. The minimum Gasteiger partial charge on any atom is -0.380 e. The lowest BCUT2D eigenvalue weighted by atomic mass is 10.2. The van der Waals surface area contributed by atoms with Crippen molar-refractivity contribution in [1.29, 1.82) is 0 Å². The van der Waals surface area contributed by atoms with Crippen LogP contribution in [-0.2, 0) is 11.3 Å². The van der Waals surface area contributed by atoms with Gasteiger partial charge in [-0.25, -0.2) is 9.78 Å². The lowest BCUT2D eigenvalue weighted by Crippen LogP contribution is -2.55. The van der Waals surface area contributed by atoms with E-state index in [0.29, 0.717) is 31.3 Å². The maximum Gasteiger partial charge on any atom is 0.322 e. The molecule has 1 aromatic heterocycles. The van der Waals surface area contributed by atoms with Gasteiger partial charge in [-0.15, -0.1) is 0 Å². The highest BCUT2D eigenvalue weighted by Crippen LogP contribution is 2.27. The molecule has 1 N–H and O–H groups in total. The van der Waals surface area contributed by atoms with Crippen molar-refractivity contribution >= 4 is 42.4 Å². The van der Waals surface area contributed by atoms with Gasteiger partial charge in [0.05, 0.1) is 19.7 Å². The number of pyridine rings is 1.